The molecule has 0 unspecified atom stereocenters. The standard InChI is InChI=1S/C12H16N2O2/c1-3-9-5-4-6-10(7-9)14-12(16)8-11(15)13-2/h4-7H,3,8H2,1-2H3,(H,13,15)(H,14,16). The van der Waals surface area contributed by atoms with Crippen LogP contribution in [0.4, 0.5) is 5.69 Å². The first-order chi connectivity index (χ1) is 7.65. The number of carbonyl (C=O) groups is 2. The van der Waals surface area contributed by atoms with E-state index < -0.39 is 0 Å². The molecule has 4 heteroatoms. The van der Waals surface area contributed by atoms with E-state index in [0.29, 0.717) is 0 Å². The first-order valence-electron chi connectivity index (χ1n) is 5.25. The molecule has 86 valence electrons. The molecule has 1 aromatic rings. The zero-order valence-electron chi connectivity index (χ0n) is 9.54. The molecular formula is C12H16N2O2. The van der Waals surface area contributed by atoms with Gasteiger partial charge in [0.05, 0.1) is 0 Å². The Balaban J connectivity index is 2.59. The van der Waals surface area contributed by atoms with Crippen LogP contribution in [0.25, 0.3) is 0 Å². The number of rotatable bonds is 4. The molecule has 1 aromatic carbocycles. The van der Waals surface area contributed by atoms with E-state index in [4.69, 9.17) is 0 Å². The number of amides is 2. The smallest absolute Gasteiger partial charge is 0.233 e. The van der Waals surface area contributed by atoms with Crippen molar-refractivity contribution in [1.29, 1.82) is 0 Å². The quantitative estimate of drug-likeness (QED) is 0.752. The summed E-state index contributed by atoms with van der Waals surface area (Å²) in [7, 11) is 1.51. The Hall–Kier alpha value is -1.84. The molecule has 2 N–H and O–H groups in total. The van der Waals surface area contributed by atoms with Gasteiger partial charge in [0.15, 0.2) is 0 Å². The lowest BCUT2D eigenvalue weighted by Gasteiger charge is -2.06. The topological polar surface area (TPSA) is 58.2 Å². The average Bonchev–Trinajstić information content (AvgIpc) is 2.28. The molecule has 0 aliphatic heterocycles. The van der Waals surface area contributed by atoms with Crippen molar-refractivity contribution in [3.63, 3.8) is 0 Å². The highest BCUT2D eigenvalue weighted by Gasteiger charge is 2.07. The normalized spacial score (nSPS) is 9.62. The lowest BCUT2D eigenvalue weighted by atomic mass is 10.1. The van der Waals surface area contributed by atoms with Gasteiger partial charge in [-0.25, -0.2) is 0 Å². The Morgan fingerprint density at radius 1 is 1.25 bits per heavy atom. The van der Waals surface area contributed by atoms with E-state index in [2.05, 4.69) is 10.6 Å². The Morgan fingerprint density at radius 3 is 2.62 bits per heavy atom. The fourth-order valence-corrected chi connectivity index (χ4v) is 1.31. The molecule has 16 heavy (non-hydrogen) atoms. The Bertz CT molecular complexity index is 388. The predicted molar refractivity (Wildman–Crippen MR) is 63.1 cm³/mol. The maximum atomic E-state index is 11.4. The number of hydrogen-bond donors (Lipinski definition) is 2. The van der Waals surface area contributed by atoms with Gasteiger partial charge in [0.2, 0.25) is 11.8 Å². The molecule has 0 bridgehead atoms. The van der Waals surface area contributed by atoms with Crippen LogP contribution in [0.2, 0.25) is 0 Å². The van der Waals surface area contributed by atoms with Crippen LogP contribution in [0, 0.1) is 0 Å². The zero-order chi connectivity index (χ0) is 12.0. The van der Waals surface area contributed by atoms with E-state index in [9.17, 15) is 9.59 Å². The summed E-state index contributed by atoms with van der Waals surface area (Å²) in [6, 6.07) is 7.59. The van der Waals surface area contributed by atoms with Crippen molar-refractivity contribution >= 4 is 17.5 Å². The third-order valence-corrected chi connectivity index (χ3v) is 2.22. The number of carbonyl (C=O) groups excluding carboxylic acids is 2. The van der Waals surface area contributed by atoms with E-state index >= 15 is 0 Å². The summed E-state index contributed by atoms with van der Waals surface area (Å²) in [5.41, 5.74) is 1.88. The third-order valence-electron chi connectivity index (χ3n) is 2.22. The molecule has 0 radical (unpaired) electrons. The van der Waals surface area contributed by atoms with Gasteiger partial charge in [-0.2, -0.15) is 0 Å². The summed E-state index contributed by atoms with van der Waals surface area (Å²) in [5, 5.41) is 5.09. The van der Waals surface area contributed by atoms with Gasteiger partial charge in [-0.05, 0) is 24.1 Å². The van der Waals surface area contributed by atoms with Crippen LogP contribution in [0.15, 0.2) is 24.3 Å². The fourth-order valence-electron chi connectivity index (χ4n) is 1.31. The van der Waals surface area contributed by atoms with E-state index in [1.54, 1.807) is 6.07 Å². The summed E-state index contributed by atoms with van der Waals surface area (Å²) in [4.78, 5) is 22.4. The van der Waals surface area contributed by atoms with Gasteiger partial charge in [-0.1, -0.05) is 19.1 Å². The minimum absolute atomic E-state index is 0.146. The van der Waals surface area contributed by atoms with E-state index in [1.165, 1.54) is 7.05 Å². The van der Waals surface area contributed by atoms with Crippen molar-refractivity contribution < 1.29 is 9.59 Å². The first-order valence-corrected chi connectivity index (χ1v) is 5.25. The van der Waals surface area contributed by atoms with Gasteiger partial charge >= 0.3 is 0 Å². The second-order valence-electron chi connectivity index (χ2n) is 3.45. The molecule has 0 heterocycles. The molecule has 0 atom stereocenters. The molecular weight excluding hydrogens is 204 g/mol. The van der Waals surface area contributed by atoms with Crippen LogP contribution in [0.1, 0.15) is 18.9 Å². The number of benzene rings is 1. The highest BCUT2D eigenvalue weighted by Crippen LogP contribution is 2.11. The molecule has 4 nitrogen and oxygen atoms in total. The van der Waals surface area contributed by atoms with Gasteiger partial charge in [-0.3, -0.25) is 9.59 Å². The third kappa shape index (κ3) is 3.73. The van der Waals surface area contributed by atoms with Crippen molar-refractivity contribution in [3.8, 4) is 0 Å². The lowest BCUT2D eigenvalue weighted by Crippen LogP contribution is -2.24. The van der Waals surface area contributed by atoms with Crippen molar-refractivity contribution in [2.24, 2.45) is 0 Å². The van der Waals surface area contributed by atoms with Crippen LogP contribution < -0.4 is 10.6 Å². The van der Waals surface area contributed by atoms with Gasteiger partial charge in [0.1, 0.15) is 6.42 Å². The number of anilines is 1. The minimum Gasteiger partial charge on any atom is -0.359 e. The van der Waals surface area contributed by atoms with E-state index in [1.807, 2.05) is 25.1 Å². The zero-order valence-corrected chi connectivity index (χ0v) is 9.54. The molecule has 0 saturated heterocycles. The average molecular weight is 220 g/mol. The van der Waals surface area contributed by atoms with E-state index in [-0.39, 0.29) is 18.2 Å². The van der Waals surface area contributed by atoms with Gasteiger partial charge in [-0.15, -0.1) is 0 Å². The Morgan fingerprint density at radius 2 is 2.00 bits per heavy atom. The van der Waals surface area contributed by atoms with Crippen molar-refractivity contribution in [2.45, 2.75) is 19.8 Å². The molecule has 0 aromatic heterocycles. The molecule has 0 aliphatic rings. The van der Waals surface area contributed by atoms with Gasteiger partial charge < -0.3 is 10.6 Å². The number of aryl methyl sites for hydroxylation is 1. The summed E-state index contributed by atoms with van der Waals surface area (Å²) in [6.07, 6.45) is 0.770. The van der Waals surface area contributed by atoms with Gasteiger partial charge in [0, 0.05) is 12.7 Å². The van der Waals surface area contributed by atoms with Crippen LogP contribution in [0.3, 0.4) is 0 Å². The highest BCUT2D eigenvalue weighted by molar-refractivity contribution is 6.03. The summed E-state index contributed by atoms with van der Waals surface area (Å²) < 4.78 is 0. The second kappa shape index (κ2) is 5.90. The fraction of sp³-hybridized carbons (Fsp3) is 0.333. The molecule has 0 saturated carbocycles. The Kier molecular flexibility index (Phi) is 4.51. The van der Waals surface area contributed by atoms with Gasteiger partial charge in [0.25, 0.3) is 0 Å². The summed E-state index contributed by atoms with van der Waals surface area (Å²) in [6.45, 7) is 2.05. The maximum Gasteiger partial charge on any atom is 0.233 e. The largest absolute Gasteiger partial charge is 0.359 e. The Labute approximate surface area is 95.0 Å². The predicted octanol–water partition coefficient (Wildman–Crippen LogP) is 1.32. The number of hydrogen-bond acceptors (Lipinski definition) is 2. The van der Waals surface area contributed by atoms with Crippen molar-refractivity contribution in [2.75, 3.05) is 12.4 Å². The first kappa shape index (κ1) is 12.2. The van der Waals surface area contributed by atoms with Crippen LogP contribution >= 0.6 is 0 Å². The van der Waals surface area contributed by atoms with E-state index in [0.717, 1.165) is 17.7 Å². The highest BCUT2D eigenvalue weighted by atomic mass is 16.2. The van der Waals surface area contributed by atoms with Crippen LogP contribution in [-0.4, -0.2) is 18.9 Å². The number of nitrogens with one attached hydrogen (secondary N) is 2. The van der Waals surface area contributed by atoms with Crippen molar-refractivity contribution in [3.05, 3.63) is 29.8 Å². The summed E-state index contributed by atoms with van der Waals surface area (Å²) >= 11 is 0. The van der Waals surface area contributed by atoms with Crippen LogP contribution in [-0.2, 0) is 16.0 Å². The van der Waals surface area contributed by atoms with Crippen LogP contribution in [0.5, 0.6) is 0 Å². The molecule has 2 amide bonds. The second-order valence-corrected chi connectivity index (χ2v) is 3.45. The molecule has 0 spiro atoms. The minimum atomic E-state index is -0.299. The molecule has 1 rings (SSSR count). The summed E-state index contributed by atoms with van der Waals surface area (Å²) in [5.74, 6) is -0.586. The molecule has 0 aliphatic carbocycles. The van der Waals surface area contributed by atoms with Crippen molar-refractivity contribution in [1.82, 2.24) is 5.32 Å². The monoisotopic (exact) mass is 220 g/mol. The SMILES string of the molecule is CCc1cccc(NC(=O)CC(=O)NC)c1. The maximum absolute atomic E-state index is 11.4. The molecule has 0 fully saturated rings. The lowest BCUT2D eigenvalue weighted by molar-refractivity contribution is -0.126.